The smallest absolute Gasteiger partial charge is 0.307 e. The lowest BCUT2D eigenvalue weighted by molar-refractivity contribution is 0.190. The van der Waals surface area contributed by atoms with Crippen LogP contribution in [0.4, 0.5) is 10.5 Å². The van der Waals surface area contributed by atoms with Gasteiger partial charge in [0.1, 0.15) is 0 Å². The molecule has 1 aliphatic heterocycles. The molecule has 154 valence electrons. The fourth-order valence-corrected chi connectivity index (χ4v) is 6.27. The molecule has 3 aliphatic rings. The summed E-state index contributed by atoms with van der Waals surface area (Å²) in [5.41, 5.74) is 5.80. The van der Waals surface area contributed by atoms with E-state index in [1.54, 1.807) is 0 Å². The Bertz CT molecular complexity index is 864. The summed E-state index contributed by atoms with van der Waals surface area (Å²) >= 11 is 0. The van der Waals surface area contributed by atoms with Gasteiger partial charge < -0.3 is 10.2 Å². The molecule has 1 aromatic rings. The number of aryl methyl sites for hydroxylation is 2. The molecule has 1 atom stereocenters. The first-order chi connectivity index (χ1) is 13.3. The molecule has 4 rings (SSSR count). The number of hydrogen-bond donors (Lipinski definition) is 2. The lowest BCUT2D eigenvalue weighted by atomic mass is 9.96. The average molecular weight is 406 g/mol. The maximum absolute atomic E-state index is 12.6. The molecule has 0 unspecified atom stereocenters. The second kappa shape index (κ2) is 7.34. The fourth-order valence-electron chi connectivity index (χ4n) is 5.13. The van der Waals surface area contributed by atoms with E-state index in [4.69, 9.17) is 0 Å². The van der Waals surface area contributed by atoms with Gasteiger partial charge in [-0.15, -0.1) is 0 Å². The molecule has 1 heterocycles. The molecule has 7 heteroatoms. The maximum Gasteiger partial charge on any atom is 0.332 e. The van der Waals surface area contributed by atoms with Crippen LogP contribution < -0.4 is 10.0 Å². The molecule has 0 saturated carbocycles. The SMILES string of the molecule is CN1CCC[C@]1(C)CCS(=O)(=O)NC(=O)Nc1c2c(cc3c1CCC3)CCC2. The van der Waals surface area contributed by atoms with Gasteiger partial charge >= 0.3 is 6.03 Å². The maximum atomic E-state index is 12.6. The number of anilines is 1. The Labute approximate surface area is 168 Å². The van der Waals surface area contributed by atoms with Crippen LogP contribution in [-0.2, 0) is 35.7 Å². The van der Waals surface area contributed by atoms with Crippen molar-refractivity contribution in [2.75, 3.05) is 24.7 Å². The monoisotopic (exact) mass is 405 g/mol. The number of carbonyl (C=O) groups excluding carboxylic acids is 1. The highest BCUT2D eigenvalue weighted by Crippen LogP contribution is 2.38. The molecular formula is C21H31N3O3S. The largest absolute Gasteiger partial charge is 0.332 e. The lowest BCUT2D eigenvalue weighted by Crippen LogP contribution is -2.42. The van der Waals surface area contributed by atoms with Crippen LogP contribution in [0.3, 0.4) is 0 Å². The van der Waals surface area contributed by atoms with Crippen molar-refractivity contribution in [3.8, 4) is 0 Å². The standard InChI is InChI=1S/C21H31N3O3S/c1-21(10-5-12-24(21)2)11-13-28(26,27)23-20(25)22-19-17-8-3-6-15(17)14-16-7-4-9-18(16)19/h14H,3-13H2,1-2H3,(H2,22,23,25)/t21-/m1/s1. The third-order valence-corrected chi connectivity index (χ3v) is 8.24. The Morgan fingerprint density at radius 2 is 1.75 bits per heavy atom. The van der Waals surface area contributed by atoms with Crippen molar-refractivity contribution >= 4 is 21.7 Å². The van der Waals surface area contributed by atoms with E-state index in [1.807, 2.05) is 7.05 Å². The highest BCUT2D eigenvalue weighted by atomic mass is 32.2. The first kappa shape index (κ1) is 19.7. The summed E-state index contributed by atoms with van der Waals surface area (Å²) in [5.74, 6) is -0.0355. The van der Waals surface area contributed by atoms with Crippen LogP contribution in [0, 0.1) is 0 Å². The predicted octanol–water partition coefficient (Wildman–Crippen LogP) is 2.99. The van der Waals surface area contributed by atoms with Crippen LogP contribution in [0.5, 0.6) is 0 Å². The number of sulfonamides is 1. The van der Waals surface area contributed by atoms with Crippen LogP contribution >= 0.6 is 0 Å². The molecule has 28 heavy (non-hydrogen) atoms. The molecule has 1 fully saturated rings. The second-order valence-electron chi connectivity index (χ2n) is 8.88. The number of carbonyl (C=O) groups is 1. The minimum atomic E-state index is -3.67. The topological polar surface area (TPSA) is 78.5 Å². The van der Waals surface area contributed by atoms with Crippen molar-refractivity contribution in [1.29, 1.82) is 0 Å². The molecule has 2 amide bonds. The third kappa shape index (κ3) is 3.79. The van der Waals surface area contributed by atoms with Crippen molar-refractivity contribution in [2.45, 2.75) is 70.3 Å². The number of amides is 2. The van der Waals surface area contributed by atoms with Gasteiger partial charge in [-0.25, -0.2) is 17.9 Å². The number of nitrogens with zero attached hydrogens (tertiary/aromatic N) is 1. The van der Waals surface area contributed by atoms with Crippen molar-refractivity contribution in [3.63, 3.8) is 0 Å². The number of hydrogen-bond acceptors (Lipinski definition) is 4. The predicted molar refractivity (Wildman–Crippen MR) is 111 cm³/mol. The molecule has 0 bridgehead atoms. The van der Waals surface area contributed by atoms with E-state index in [0.717, 1.165) is 63.6 Å². The van der Waals surface area contributed by atoms with E-state index >= 15 is 0 Å². The van der Waals surface area contributed by atoms with Crippen LogP contribution in [-0.4, -0.2) is 44.2 Å². The molecule has 1 aromatic carbocycles. The van der Waals surface area contributed by atoms with E-state index in [-0.39, 0.29) is 11.3 Å². The average Bonchev–Trinajstić information content (AvgIpc) is 3.34. The fraction of sp³-hybridized carbons (Fsp3) is 0.667. The number of urea groups is 1. The quantitative estimate of drug-likeness (QED) is 0.789. The summed E-state index contributed by atoms with van der Waals surface area (Å²) in [6.07, 6.45) is 8.80. The van der Waals surface area contributed by atoms with E-state index in [0.29, 0.717) is 6.42 Å². The van der Waals surface area contributed by atoms with E-state index in [9.17, 15) is 13.2 Å². The normalized spacial score (nSPS) is 24.2. The zero-order chi connectivity index (χ0) is 19.9. The number of rotatable bonds is 5. The van der Waals surface area contributed by atoms with Gasteiger partial charge in [0.05, 0.1) is 5.75 Å². The Kier molecular flexibility index (Phi) is 5.16. The van der Waals surface area contributed by atoms with Crippen LogP contribution in [0.2, 0.25) is 0 Å². The number of likely N-dealkylation sites (tertiary alicyclic amines) is 1. The molecule has 6 nitrogen and oxygen atoms in total. The van der Waals surface area contributed by atoms with Gasteiger partial charge in [-0.05, 0) is 101 Å². The molecule has 2 N–H and O–H groups in total. The van der Waals surface area contributed by atoms with Gasteiger partial charge in [0.25, 0.3) is 0 Å². The highest BCUT2D eigenvalue weighted by Gasteiger charge is 2.35. The first-order valence-electron chi connectivity index (χ1n) is 10.5. The molecule has 2 aliphatic carbocycles. The van der Waals surface area contributed by atoms with Gasteiger partial charge in [-0.1, -0.05) is 6.07 Å². The first-order valence-corrected chi connectivity index (χ1v) is 12.1. The molecule has 0 aromatic heterocycles. The van der Waals surface area contributed by atoms with Crippen molar-refractivity contribution in [3.05, 3.63) is 28.3 Å². The van der Waals surface area contributed by atoms with Crippen molar-refractivity contribution < 1.29 is 13.2 Å². The minimum absolute atomic E-state index is 0.0355. The van der Waals surface area contributed by atoms with E-state index in [2.05, 4.69) is 27.9 Å². The lowest BCUT2D eigenvalue weighted by Gasteiger charge is -2.32. The number of benzene rings is 1. The summed E-state index contributed by atoms with van der Waals surface area (Å²) < 4.78 is 27.3. The van der Waals surface area contributed by atoms with Crippen molar-refractivity contribution in [2.24, 2.45) is 0 Å². The zero-order valence-electron chi connectivity index (χ0n) is 16.9. The van der Waals surface area contributed by atoms with Crippen molar-refractivity contribution in [1.82, 2.24) is 9.62 Å². The third-order valence-electron chi connectivity index (χ3n) is 7.00. The molecule has 0 spiro atoms. The van der Waals surface area contributed by atoms with Crippen LogP contribution in [0.1, 0.15) is 61.3 Å². The Hall–Kier alpha value is -1.60. The van der Waals surface area contributed by atoms with Gasteiger partial charge in [0, 0.05) is 11.2 Å². The molecule has 0 radical (unpaired) electrons. The Morgan fingerprint density at radius 3 is 2.32 bits per heavy atom. The zero-order valence-corrected chi connectivity index (χ0v) is 17.8. The minimum Gasteiger partial charge on any atom is -0.307 e. The molecular weight excluding hydrogens is 374 g/mol. The van der Waals surface area contributed by atoms with E-state index < -0.39 is 16.1 Å². The van der Waals surface area contributed by atoms with E-state index in [1.165, 1.54) is 22.3 Å². The van der Waals surface area contributed by atoms with Gasteiger partial charge in [-0.3, -0.25) is 0 Å². The number of nitrogens with one attached hydrogen (secondary N) is 2. The Morgan fingerprint density at radius 1 is 1.11 bits per heavy atom. The summed E-state index contributed by atoms with van der Waals surface area (Å²) in [4.78, 5) is 14.8. The highest BCUT2D eigenvalue weighted by molar-refractivity contribution is 7.90. The summed E-state index contributed by atoms with van der Waals surface area (Å²) in [7, 11) is -1.63. The second-order valence-corrected chi connectivity index (χ2v) is 10.7. The summed E-state index contributed by atoms with van der Waals surface area (Å²) in [5, 5.41) is 2.91. The van der Waals surface area contributed by atoms with Gasteiger partial charge in [-0.2, -0.15) is 0 Å². The van der Waals surface area contributed by atoms with Gasteiger partial charge in [0.2, 0.25) is 10.0 Å². The number of fused-ring (bicyclic) bond motifs is 2. The Balaban J connectivity index is 1.44. The molecule has 1 saturated heterocycles. The van der Waals surface area contributed by atoms with Gasteiger partial charge in [0.15, 0.2) is 0 Å². The summed E-state index contributed by atoms with van der Waals surface area (Å²) in [6, 6.07) is 1.67. The van der Waals surface area contributed by atoms with Crippen LogP contribution in [0.15, 0.2) is 6.07 Å². The van der Waals surface area contributed by atoms with Crippen LogP contribution in [0.25, 0.3) is 0 Å². The summed E-state index contributed by atoms with van der Waals surface area (Å²) in [6.45, 7) is 3.10.